The molecule has 2 aromatic rings. The van der Waals surface area contributed by atoms with E-state index in [-0.39, 0.29) is 6.04 Å². The first-order valence-corrected chi connectivity index (χ1v) is 4.70. The highest BCUT2D eigenvalue weighted by Gasteiger charge is 2.09. The smallest absolute Gasteiger partial charge is 0.251 e. The Kier molecular flexibility index (Phi) is 2.51. The Bertz CT molecular complexity index is 452. The predicted octanol–water partition coefficient (Wildman–Crippen LogP) is 0.401. The maximum Gasteiger partial charge on any atom is 0.251 e. The second kappa shape index (κ2) is 3.82. The molecular formula is C9H13N5O. The van der Waals surface area contributed by atoms with Crippen LogP contribution in [-0.2, 0) is 0 Å². The Balaban J connectivity index is 2.27. The monoisotopic (exact) mass is 207 g/mol. The van der Waals surface area contributed by atoms with Gasteiger partial charge in [-0.25, -0.2) is 9.97 Å². The van der Waals surface area contributed by atoms with E-state index in [4.69, 9.17) is 10.2 Å². The zero-order valence-corrected chi connectivity index (χ0v) is 8.71. The van der Waals surface area contributed by atoms with Gasteiger partial charge in [0, 0.05) is 19.6 Å². The quantitative estimate of drug-likeness (QED) is 0.784. The van der Waals surface area contributed by atoms with Gasteiger partial charge in [0.2, 0.25) is 5.95 Å². The molecule has 2 aromatic heterocycles. The third kappa shape index (κ3) is 2.04. The Morgan fingerprint density at radius 2 is 2.33 bits per heavy atom. The largest absolute Gasteiger partial charge is 0.425 e. The first-order chi connectivity index (χ1) is 7.16. The van der Waals surface area contributed by atoms with E-state index in [1.54, 1.807) is 6.20 Å². The van der Waals surface area contributed by atoms with Gasteiger partial charge in [0.15, 0.2) is 6.39 Å². The van der Waals surface area contributed by atoms with Crippen LogP contribution in [0.1, 0.15) is 6.92 Å². The summed E-state index contributed by atoms with van der Waals surface area (Å²) >= 11 is 0. The van der Waals surface area contributed by atoms with Crippen LogP contribution in [0.25, 0.3) is 11.2 Å². The first-order valence-electron chi connectivity index (χ1n) is 4.70. The highest BCUT2D eigenvalue weighted by Crippen LogP contribution is 2.12. The number of hydrogen-bond donors (Lipinski definition) is 1. The van der Waals surface area contributed by atoms with Crippen LogP contribution in [-0.4, -0.2) is 34.6 Å². The Morgan fingerprint density at radius 3 is 3.07 bits per heavy atom. The summed E-state index contributed by atoms with van der Waals surface area (Å²) in [6, 6.07) is 0.0732. The minimum absolute atomic E-state index is 0.0732. The number of rotatable bonds is 3. The Labute approximate surface area is 87.1 Å². The normalized spacial score (nSPS) is 13.0. The molecule has 80 valence electrons. The molecule has 0 aromatic carbocycles. The van der Waals surface area contributed by atoms with E-state index in [0.29, 0.717) is 23.7 Å². The molecule has 0 amide bonds. The molecule has 15 heavy (non-hydrogen) atoms. The third-order valence-electron chi connectivity index (χ3n) is 1.98. The molecule has 0 fully saturated rings. The maximum absolute atomic E-state index is 5.69. The second-order valence-electron chi connectivity index (χ2n) is 3.57. The van der Waals surface area contributed by atoms with Crippen LogP contribution in [0.2, 0.25) is 0 Å². The molecule has 1 atom stereocenters. The van der Waals surface area contributed by atoms with Crippen LogP contribution in [0.4, 0.5) is 5.95 Å². The number of fused-ring (bicyclic) bond motifs is 1. The zero-order valence-electron chi connectivity index (χ0n) is 8.71. The summed E-state index contributed by atoms with van der Waals surface area (Å²) in [6.45, 7) is 2.63. The Morgan fingerprint density at radius 1 is 1.53 bits per heavy atom. The summed E-state index contributed by atoms with van der Waals surface area (Å²) in [7, 11) is 1.89. The summed E-state index contributed by atoms with van der Waals surface area (Å²) < 4.78 is 5.09. The fourth-order valence-corrected chi connectivity index (χ4v) is 1.36. The highest BCUT2D eigenvalue weighted by molar-refractivity contribution is 5.67. The van der Waals surface area contributed by atoms with Crippen molar-refractivity contribution >= 4 is 17.2 Å². The van der Waals surface area contributed by atoms with Crippen LogP contribution in [0.5, 0.6) is 0 Å². The number of nitrogens with two attached hydrogens (primary N) is 1. The van der Waals surface area contributed by atoms with Gasteiger partial charge in [0.1, 0.15) is 5.52 Å². The molecule has 6 heteroatoms. The number of hydrogen-bond acceptors (Lipinski definition) is 6. The topological polar surface area (TPSA) is 81.1 Å². The molecule has 0 saturated heterocycles. The average molecular weight is 207 g/mol. The lowest BCUT2D eigenvalue weighted by molar-refractivity contribution is 0.588. The summed E-state index contributed by atoms with van der Waals surface area (Å²) in [5, 5.41) is 0. The van der Waals surface area contributed by atoms with Crippen LogP contribution < -0.4 is 10.6 Å². The van der Waals surface area contributed by atoms with Crippen molar-refractivity contribution in [3.63, 3.8) is 0 Å². The molecule has 0 aliphatic carbocycles. The molecule has 0 radical (unpaired) electrons. The second-order valence-corrected chi connectivity index (χ2v) is 3.57. The lowest BCUT2D eigenvalue weighted by atomic mass is 10.3. The molecule has 0 spiro atoms. The number of nitrogens with zero attached hydrogens (tertiary/aromatic N) is 4. The predicted molar refractivity (Wildman–Crippen MR) is 56.5 cm³/mol. The van der Waals surface area contributed by atoms with Gasteiger partial charge in [-0.1, -0.05) is 0 Å². The summed E-state index contributed by atoms with van der Waals surface area (Å²) in [4.78, 5) is 14.2. The van der Waals surface area contributed by atoms with Crippen molar-refractivity contribution in [2.24, 2.45) is 5.73 Å². The lowest BCUT2D eigenvalue weighted by Crippen LogP contribution is -2.33. The van der Waals surface area contributed by atoms with Crippen LogP contribution in [0.3, 0.4) is 0 Å². The van der Waals surface area contributed by atoms with Gasteiger partial charge in [-0.3, -0.25) is 0 Å². The van der Waals surface area contributed by atoms with Crippen molar-refractivity contribution in [1.82, 2.24) is 15.0 Å². The van der Waals surface area contributed by atoms with Gasteiger partial charge in [-0.05, 0) is 6.92 Å². The SMILES string of the molecule is CC(N)CN(C)c1ncc2ncoc2n1. The summed E-state index contributed by atoms with van der Waals surface area (Å²) in [6.07, 6.45) is 2.99. The molecular weight excluding hydrogens is 194 g/mol. The van der Waals surface area contributed by atoms with Gasteiger partial charge < -0.3 is 15.1 Å². The van der Waals surface area contributed by atoms with Crippen molar-refractivity contribution < 1.29 is 4.42 Å². The van der Waals surface area contributed by atoms with Gasteiger partial charge >= 0.3 is 0 Å². The molecule has 6 nitrogen and oxygen atoms in total. The number of oxazole rings is 1. The van der Waals surface area contributed by atoms with Crippen LogP contribution >= 0.6 is 0 Å². The molecule has 0 aliphatic heterocycles. The number of likely N-dealkylation sites (N-methyl/N-ethyl adjacent to an activating group) is 1. The van der Waals surface area contributed by atoms with Gasteiger partial charge in [0.25, 0.3) is 5.71 Å². The van der Waals surface area contributed by atoms with Crippen molar-refractivity contribution in [3.8, 4) is 0 Å². The fourth-order valence-electron chi connectivity index (χ4n) is 1.36. The first kappa shape index (κ1) is 9.85. The maximum atomic E-state index is 5.69. The highest BCUT2D eigenvalue weighted by atomic mass is 16.3. The third-order valence-corrected chi connectivity index (χ3v) is 1.98. The van der Waals surface area contributed by atoms with Gasteiger partial charge in [-0.2, -0.15) is 4.98 Å². The number of aromatic nitrogens is 3. The van der Waals surface area contributed by atoms with E-state index in [0.717, 1.165) is 0 Å². The molecule has 0 aliphatic rings. The molecule has 1 unspecified atom stereocenters. The summed E-state index contributed by atoms with van der Waals surface area (Å²) in [5.74, 6) is 0.594. The van der Waals surface area contributed by atoms with Gasteiger partial charge in [-0.15, -0.1) is 0 Å². The van der Waals surface area contributed by atoms with E-state index < -0.39 is 0 Å². The van der Waals surface area contributed by atoms with E-state index in [1.807, 2.05) is 18.9 Å². The zero-order chi connectivity index (χ0) is 10.8. The lowest BCUT2D eigenvalue weighted by Gasteiger charge is -2.18. The molecule has 2 N–H and O–H groups in total. The number of anilines is 1. The molecule has 0 bridgehead atoms. The molecule has 0 saturated carbocycles. The van der Waals surface area contributed by atoms with Crippen LogP contribution in [0, 0.1) is 0 Å². The van der Waals surface area contributed by atoms with E-state index in [9.17, 15) is 0 Å². The van der Waals surface area contributed by atoms with E-state index in [1.165, 1.54) is 6.39 Å². The summed E-state index contributed by atoms with van der Waals surface area (Å²) in [5.41, 5.74) is 6.85. The Hall–Kier alpha value is -1.69. The van der Waals surface area contributed by atoms with Crippen molar-refractivity contribution in [1.29, 1.82) is 0 Å². The van der Waals surface area contributed by atoms with Crippen molar-refractivity contribution in [2.45, 2.75) is 13.0 Å². The standard InChI is InChI=1S/C9H13N5O/c1-6(10)4-14(2)9-11-3-7-8(13-9)15-5-12-7/h3,5-6H,4,10H2,1-2H3. The average Bonchev–Trinajstić information content (AvgIpc) is 2.62. The fraction of sp³-hybridized carbons (Fsp3) is 0.444. The van der Waals surface area contributed by atoms with Crippen LogP contribution in [0.15, 0.2) is 17.0 Å². The minimum atomic E-state index is 0.0732. The minimum Gasteiger partial charge on any atom is -0.425 e. The van der Waals surface area contributed by atoms with Crippen molar-refractivity contribution in [3.05, 3.63) is 12.6 Å². The molecule has 2 rings (SSSR count). The van der Waals surface area contributed by atoms with Crippen molar-refractivity contribution in [2.75, 3.05) is 18.5 Å². The van der Waals surface area contributed by atoms with E-state index in [2.05, 4.69) is 15.0 Å². The molecule has 2 heterocycles. The van der Waals surface area contributed by atoms with E-state index >= 15 is 0 Å². The van der Waals surface area contributed by atoms with Gasteiger partial charge in [0.05, 0.1) is 6.20 Å².